The minimum atomic E-state index is -0.293. The summed E-state index contributed by atoms with van der Waals surface area (Å²) in [4.78, 5) is 24.9. The predicted octanol–water partition coefficient (Wildman–Crippen LogP) is 2.33. The van der Waals surface area contributed by atoms with Crippen LogP contribution in [0.15, 0.2) is 36.4 Å². The molecule has 2 aromatic carbocycles. The van der Waals surface area contributed by atoms with Gasteiger partial charge in [-0.25, -0.2) is 0 Å². The molecule has 1 aliphatic carbocycles. The number of amides is 2. The van der Waals surface area contributed by atoms with Crippen LogP contribution in [-0.4, -0.2) is 31.5 Å². The summed E-state index contributed by atoms with van der Waals surface area (Å²) >= 11 is 0. The van der Waals surface area contributed by atoms with Gasteiger partial charge in [-0.15, -0.1) is 0 Å². The smallest absolute Gasteiger partial charge is 0.254 e. The summed E-state index contributed by atoms with van der Waals surface area (Å²) < 4.78 is 5.85. The molecule has 0 saturated heterocycles. The van der Waals surface area contributed by atoms with E-state index in [1.54, 1.807) is 25.2 Å². The molecule has 136 valence electrons. The molecule has 27 heavy (non-hydrogen) atoms. The Hall–Kier alpha value is -3.33. The van der Waals surface area contributed by atoms with Gasteiger partial charge in [-0.05, 0) is 42.7 Å². The summed E-state index contributed by atoms with van der Waals surface area (Å²) in [5.41, 5.74) is 3.10. The van der Waals surface area contributed by atoms with Crippen LogP contribution in [0.5, 0.6) is 5.75 Å². The molecule has 2 aliphatic rings. The molecule has 0 aromatic heterocycles. The van der Waals surface area contributed by atoms with Gasteiger partial charge in [0, 0.05) is 30.1 Å². The first-order valence-corrected chi connectivity index (χ1v) is 8.94. The highest BCUT2D eigenvalue weighted by Crippen LogP contribution is 2.41. The molecule has 0 bridgehead atoms. The van der Waals surface area contributed by atoms with E-state index in [2.05, 4.69) is 16.7 Å². The highest BCUT2D eigenvalue weighted by Gasteiger charge is 2.32. The monoisotopic (exact) mass is 361 g/mol. The number of rotatable bonds is 4. The SMILES string of the molecule is CNC(=O)c1cc(C(=O)NC2CC2)cc2c1OCC2c1cccc(C#N)c1. The zero-order valence-electron chi connectivity index (χ0n) is 14.9. The molecule has 0 spiro atoms. The number of hydrogen-bond acceptors (Lipinski definition) is 4. The molecule has 6 heteroatoms. The van der Waals surface area contributed by atoms with Gasteiger partial charge in [-0.1, -0.05) is 12.1 Å². The van der Waals surface area contributed by atoms with Crippen molar-refractivity contribution in [3.05, 3.63) is 64.2 Å². The quantitative estimate of drug-likeness (QED) is 0.874. The van der Waals surface area contributed by atoms with Crippen molar-refractivity contribution in [2.75, 3.05) is 13.7 Å². The highest BCUT2D eigenvalue weighted by molar-refractivity contribution is 6.02. The number of ether oxygens (including phenoxy) is 1. The van der Waals surface area contributed by atoms with E-state index in [1.807, 2.05) is 18.2 Å². The molecule has 1 aliphatic heterocycles. The lowest BCUT2D eigenvalue weighted by atomic mass is 9.89. The molecule has 1 fully saturated rings. The first kappa shape index (κ1) is 17.1. The number of hydrogen-bond donors (Lipinski definition) is 2. The van der Waals surface area contributed by atoms with Crippen LogP contribution >= 0.6 is 0 Å². The number of fused-ring (bicyclic) bond motifs is 1. The maximum Gasteiger partial charge on any atom is 0.254 e. The van der Waals surface area contributed by atoms with Gasteiger partial charge in [-0.3, -0.25) is 9.59 Å². The molecule has 1 atom stereocenters. The zero-order valence-corrected chi connectivity index (χ0v) is 14.9. The zero-order chi connectivity index (χ0) is 19.0. The summed E-state index contributed by atoms with van der Waals surface area (Å²) in [6.07, 6.45) is 1.98. The lowest BCUT2D eigenvalue weighted by Crippen LogP contribution is -2.26. The van der Waals surface area contributed by atoms with Crippen LogP contribution in [0, 0.1) is 11.3 Å². The van der Waals surface area contributed by atoms with Crippen molar-refractivity contribution in [1.82, 2.24) is 10.6 Å². The number of nitriles is 1. The Morgan fingerprint density at radius 3 is 2.70 bits per heavy atom. The topological polar surface area (TPSA) is 91.2 Å². The Balaban J connectivity index is 1.79. The van der Waals surface area contributed by atoms with E-state index in [-0.39, 0.29) is 23.8 Å². The fourth-order valence-electron chi connectivity index (χ4n) is 3.36. The number of nitrogens with zero attached hydrogens (tertiary/aromatic N) is 1. The third kappa shape index (κ3) is 3.24. The Morgan fingerprint density at radius 2 is 2.00 bits per heavy atom. The van der Waals surface area contributed by atoms with Gasteiger partial charge in [0.2, 0.25) is 0 Å². The molecular weight excluding hydrogens is 342 g/mol. The van der Waals surface area contributed by atoms with Crippen LogP contribution in [0.25, 0.3) is 0 Å². The standard InChI is InChI=1S/C21H19N3O3/c1-23-21(26)17-9-14(20(25)24-15-5-6-15)8-16-18(11-27-19(16)17)13-4-2-3-12(7-13)10-22/h2-4,7-9,15,18H,5-6,11H2,1H3,(H,23,26)(H,24,25). The van der Waals surface area contributed by atoms with Crippen LogP contribution in [-0.2, 0) is 0 Å². The Bertz CT molecular complexity index is 973. The predicted molar refractivity (Wildman–Crippen MR) is 98.8 cm³/mol. The molecule has 2 amide bonds. The lowest BCUT2D eigenvalue weighted by molar-refractivity contribution is 0.0951. The van der Waals surface area contributed by atoms with Crippen molar-refractivity contribution < 1.29 is 14.3 Å². The average molecular weight is 361 g/mol. The summed E-state index contributed by atoms with van der Waals surface area (Å²) in [5.74, 6) is -0.101. The average Bonchev–Trinajstić information content (AvgIpc) is 3.41. The first-order chi connectivity index (χ1) is 13.1. The van der Waals surface area contributed by atoms with Crippen molar-refractivity contribution in [1.29, 1.82) is 5.26 Å². The van der Waals surface area contributed by atoms with Crippen LogP contribution in [0.2, 0.25) is 0 Å². The largest absolute Gasteiger partial charge is 0.491 e. The fourth-order valence-corrected chi connectivity index (χ4v) is 3.36. The van der Waals surface area contributed by atoms with E-state index in [4.69, 9.17) is 10.00 Å². The minimum absolute atomic E-state index is 0.134. The van der Waals surface area contributed by atoms with Gasteiger partial charge >= 0.3 is 0 Å². The van der Waals surface area contributed by atoms with Crippen molar-refractivity contribution >= 4 is 11.8 Å². The van der Waals surface area contributed by atoms with Gasteiger partial charge in [-0.2, -0.15) is 5.26 Å². The van der Waals surface area contributed by atoms with Gasteiger partial charge < -0.3 is 15.4 Å². The number of nitrogens with one attached hydrogen (secondary N) is 2. The van der Waals surface area contributed by atoms with Crippen molar-refractivity contribution in [3.63, 3.8) is 0 Å². The number of benzene rings is 2. The molecule has 1 unspecified atom stereocenters. The van der Waals surface area contributed by atoms with Crippen molar-refractivity contribution in [2.45, 2.75) is 24.8 Å². The third-order valence-corrected chi connectivity index (χ3v) is 4.95. The second kappa shape index (κ2) is 6.76. The molecular formula is C21H19N3O3. The number of carbonyl (C=O) groups excluding carboxylic acids is 2. The highest BCUT2D eigenvalue weighted by atomic mass is 16.5. The Kier molecular flexibility index (Phi) is 4.28. The van der Waals surface area contributed by atoms with E-state index in [0.717, 1.165) is 24.0 Å². The van der Waals surface area contributed by atoms with Crippen molar-refractivity contribution in [3.8, 4) is 11.8 Å². The van der Waals surface area contributed by atoms with Crippen LogP contribution in [0.3, 0.4) is 0 Å². The van der Waals surface area contributed by atoms with E-state index in [1.165, 1.54) is 0 Å². The van der Waals surface area contributed by atoms with E-state index < -0.39 is 0 Å². The van der Waals surface area contributed by atoms with Crippen molar-refractivity contribution in [2.24, 2.45) is 0 Å². The third-order valence-electron chi connectivity index (χ3n) is 4.95. The molecule has 0 radical (unpaired) electrons. The second-order valence-corrected chi connectivity index (χ2v) is 6.87. The normalized spacial score (nSPS) is 17.4. The van der Waals surface area contributed by atoms with E-state index in [9.17, 15) is 9.59 Å². The van der Waals surface area contributed by atoms with E-state index in [0.29, 0.717) is 29.0 Å². The molecule has 4 rings (SSSR count). The maximum absolute atomic E-state index is 12.6. The minimum Gasteiger partial charge on any atom is -0.491 e. The van der Waals surface area contributed by atoms with Gasteiger partial charge in [0.15, 0.2) is 0 Å². The fraction of sp³-hybridized carbons (Fsp3) is 0.286. The van der Waals surface area contributed by atoms with E-state index >= 15 is 0 Å². The molecule has 2 N–H and O–H groups in total. The van der Waals surface area contributed by atoms with Crippen LogP contribution in [0.1, 0.15) is 56.2 Å². The Morgan fingerprint density at radius 1 is 1.19 bits per heavy atom. The number of carbonyl (C=O) groups is 2. The second-order valence-electron chi connectivity index (χ2n) is 6.87. The molecule has 1 saturated carbocycles. The Labute approximate surface area is 157 Å². The molecule has 2 aromatic rings. The van der Waals surface area contributed by atoms with Gasteiger partial charge in [0.25, 0.3) is 11.8 Å². The van der Waals surface area contributed by atoms with Gasteiger partial charge in [0.05, 0.1) is 23.8 Å². The first-order valence-electron chi connectivity index (χ1n) is 8.94. The van der Waals surface area contributed by atoms with Crippen LogP contribution in [0.4, 0.5) is 0 Å². The molecule has 6 nitrogen and oxygen atoms in total. The summed E-state index contributed by atoms with van der Waals surface area (Å²) in [5, 5.41) is 14.7. The van der Waals surface area contributed by atoms with Crippen LogP contribution < -0.4 is 15.4 Å². The molecule has 1 heterocycles. The maximum atomic E-state index is 12.6. The summed E-state index contributed by atoms with van der Waals surface area (Å²) in [6, 6.07) is 13.1. The summed E-state index contributed by atoms with van der Waals surface area (Å²) in [7, 11) is 1.55. The van der Waals surface area contributed by atoms with Gasteiger partial charge in [0.1, 0.15) is 5.75 Å². The summed E-state index contributed by atoms with van der Waals surface area (Å²) in [6.45, 7) is 0.363. The lowest BCUT2D eigenvalue weighted by Gasteiger charge is -2.13.